The molecule has 0 saturated carbocycles. The summed E-state index contributed by atoms with van der Waals surface area (Å²) in [5.41, 5.74) is -0.827. The molecule has 8 nitrogen and oxygen atoms in total. The second kappa shape index (κ2) is 4.58. The lowest BCUT2D eigenvalue weighted by atomic mass is 10.2. The standard InChI is InChI=1S/C11H6N4O4/c12-5-7-2-1-3-14(7)10-4-8(11(16)17)9(6-13-10)15(18)19/h1-4,6H,(H,16,17). The number of rotatable bonds is 3. The third-order valence-electron chi connectivity index (χ3n) is 2.41. The van der Waals surface area contributed by atoms with Gasteiger partial charge < -0.3 is 5.11 Å². The first-order valence-corrected chi connectivity index (χ1v) is 5.00. The molecule has 0 amide bonds. The van der Waals surface area contributed by atoms with Crippen molar-refractivity contribution in [2.75, 3.05) is 0 Å². The molecule has 2 aromatic heterocycles. The number of hydrogen-bond donors (Lipinski definition) is 1. The van der Waals surface area contributed by atoms with Gasteiger partial charge in [0.25, 0.3) is 0 Å². The highest BCUT2D eigenvalue weighted by molar-refractivity contribution is 5.92. The number of nitriles is 1. The third kappa shape index (κ3) is 2.12. The summed E-state index contributed by atoms with van der Waals surface area (Å²) in [4.78, 5) is 24.7. The largest absolute Gasteiger partial charge is 0.477 e. The van der Waals surface area contributed by atoms with Gasteiger partial charge in [0.2, 0.25) is 0 Å². The van der Waals surface area contributed by atoms with E-state index in [1.54, 1.807) is 6.07 Å². The zero-order valence-electron chi connectivity index (χ0n) is 9.35. The summed E-state index contributed by atoms with van der Waals surface area (Å²) in [6, 6.07) is 6.06. The lowest BCUT2D eigenvalue weighted by Gasteiger charge is -2.05. The Morgan fingerprint density at radius 1 is 1.58 bits per heavy atom. The molecule has 0 fully saturated rings. The van der Waals surface area contributed by atoms with Crippen LogP contribution in [-0.2, 0) is 0 Å². The molecule has 0 aliphatic rings. The van der Waals surface area contributed by atoms with Crippen molar-refractivity contribution in [2.45, 2.75) is 0 Å². The van der Waals surface area contributed by atoms with E-state index in [2.05, 4.69) is 4.98 Å². The molecule has 0 atom stereocenters. The Balaban J connectivity index is 2.63. The Morgan fingerprint density at radius 3 is 2.89 bits per heavy atom. The summed E-state index contributed by atoms with van der Waals surface area (Å²) < 4.78 is 1.34. The molecule has 94 valence electrons. The average molecular weight is 258 g/mol. The second-order valence-corrected chi connectivity index (χ2v) is 3.50. The zero-order chi connectivity index (χ0) is 14.0. The Morgan fingerprint density at radius 2 is 2.32 bits per heavy atom. The molecule has 0 spiro atoms. The van der Waals surface area contributed by atoms with Gasteiger partial charge in [0.1, 0.15) is 29.3 Å². The summed E-state index contributed by atoms with van der Waals surface area (Å²) in [5.74, 6) is -1.30. The minimum atomic E-state index is -1.43. The van der Waals surface area contributed by atoms with Gasteiger partial charge in [-0.15, -0.1) is 0 Å². The summed E-state index contributed by atoms with van der Waals surface area (Å²) >= 11 is 0. The van der Waals surface area contributed by atoms with Crippen LogP contribution in [0.1, 0.15) is 16.1 Å². The molecule has 0 aromatic carbocycles. The number of nitro groups is 1. The first-order chi connectivity index (χ1) is 9.04. The molecular weight excluding hydrogens is 252 g/mol. The molecule has 0 radical (unpaired) electrons. The van der Waals surface area contributed by atoms with Crippen molar-refractivity contribution < 1.29 is 14.8 Å². The van der Waals surface area contributed by atoms with Crippen LogP contribution in [0.2, 0.25) is 0 Å². The molecule has 1 N–H and O–H groups in total. The minimum Gasteiger partial charge on any atom is -0.477 e. The number of carboxylic acid groups (broad SMARTS) is 1. The van der Waals surface area contributed by atoms with Gasteiger partial charge in [-0.05, 0) is 12.1 Å². The highest BCUT2D eigenvalue weighted by Crippen LogP contribution is 2.20. The van der Waals surface area contributed by atoms with E-state index >= 15 is 0 Å². The molecule has 19 heavy (non-hydrogen) atoms. The molecule has 2 rings (SSSR count). The summed E-state index contributed by atoms with van der Waals surface area (Å²) in [6.45, 7) is 0. The van der Waals surface area contributed by atoms with E-state index in [1.165, 1.54) is 16.8 Å². The molecule has 0 bridgehead atoms. The molecule has 0 aliphatic heterocycles. The normalized spacial score (nSPS) is 9.84. The molecule has 0 unspecified atom stereocenters. The molecule has 8 heteroatoms. The van der Waals surface area contributed by atoms with Gasteiger partial charge in [-0.1, -0.05) is 0 Å². The second-order valence-electron chi connectivity index (χ2n) is 3.50. The molecule has 0 saturated heterocycles. The van der Waals surface area contributed by atoms with Crippen molar-refractivity contribution in [1.82, 2.24) is 9.55 Å². The van der Waals surface area contributed by atoms with Crippen LogP contribution in [0, 0.1) is 21.4 Å². The van der Waals surface area contributed by atoms with Gasteiger partial charge >= 0.3 is 11.7 Å². The van der Waals surface area contributed by atoms with Crippen LogP contribution >= 0.6 is 0 Å². The van der Waals surface area contributed by atoms with Gasteiger partial charge in [-0.3, -0.25) is 14.7 Å². The lowest BCUT2D eigenvalue weighted by molar-refractivity contribution is -0.385. The third-order valence-corrected chi connectivity index (χ3v) is 2.41. The SMILES string of the molecule is N#Cc1cccn1-c1cc(C(=O)O)c([N+](=O)[O-])cn1. The molecular formula is C11H6N4O4. The van der Waals surface area contributed by atoms with Gasteiger partial charge in [-0.25, -0.2) is 9.78 Å². The van der Waals surface area contributed by atoms with Crippen molar-refractivity contribution in [3.8, 4) is 11.9 Å². The number of pyridine rings is 1. The van der Waals surface area contributed by atoms with E-state index < -0.39 is 22.1 Å². The summed E-state index contributed by atoms with van der Waals surface area (Å²) in [5, 5.41) is 28.5. The van der Waals surface area contributed by atoms with Crippen LogP contribution in [0.3, 0.4) is 0 Å². The summed E-state index contributed by atoms with van der Waals surface area (Å²) in [6.07, 6.45) is 2.37. The van der Waals surface area contributed by atoms with Crippen molar-refractivity contribution in [2.24, 2.45) is 0 Å². The van der Waals surface area contributed by atoms with E-state index in [9.17, 15) is 14.9 Å². The monoisotopic (exact) mass is 258 g/mol. The first kappa shape index (κ1) is 12.3. The Labute approximate surface area is 106 Å². The van der Waals surface area contributed by atoms with E-state index in [0.29, 0.717) is 0 Å². The van der Waals surface area contributed by atoms with Gasteiger partial charge in [-0.2, -0.15) is 5.26 Å². The van der Waals surface area contributed by atoms with E-state index in [-0.39, 0.29) is 11.5 Å². The van der Waals surface area contributed by atoms with Crippen molar-refractivity contribution in [1.29, 1.82) is 5.26 Å². The highest BCUT2D eigenvalue weighted by Gasteiger charge is 2.21. The van der Waals surface area contributed by atoms with Crippen LogP contribution < -0.4 is 0 Å². The number of aromatic carboxylic acids is 1. The van der Waals surface area contributed by atoms with Crippen molar-refractivity contribution in [3.63, 3.8) is 0 Å². The van der Waals surface area contributed by atoms with Crippen LogP contribution in [-0.4, -0.2) is 25.6 Å². The van der Waals surface area contributed by atoms with Crippen molar-refractivity contribution >= 4 is 11.7 Å². The zero-order valence-corrected chi connectivity index (χ0v) is 9.35. The fourth-order valence-electron chi connectivity index (χ4n) is 1.56. The summed E-state index contributed by atoms with van der Waals surface area (Å²) in [7, 11) is 0. The lowest BCUT2D eigenvalue weighted by Crippen LogP contribution is -2.07. The van der Waals surface area contributed by atoms with Crippen LogP contribution in [0.25, 0.3) is 5.82 Å². The number of carbonyl (C=O) groups is 1. The Hall–Kier alpha value is -3.21. The van der Waals surface area contributed by atoms with Crippen molar-refractivity contribution in [3.05, 3.63) is 52.0 Å². The quantitative estimate of drug-likeness (QED) is 0.654. The fraction of sp³-hybridized carbons (Fsp3) is 0. The van der Waals surface area contributed by atoms with Gasteiger partial charge in [0, 0.05) is 12.3 Å². The van der Waals surface area contributed by atoms with Crippen LogP contribution in [0.15, 0.2) is 30.6 Å². The maximum atomic E-state index is 11.0. The highest BCUT2D eigenvalue weighted by atomic mass is 16.6. The number of aromatic nitrogens is 2. The maximum absolute atomic E-state index is 11.0. The smallest absolute Gasteiger partial charge is 0.342 e. The Bertz CT molecular complexity index is 714. The van der Waals surface area contributed by atoms with Gasteiger partial charge in [0.15, 0.2) is 0 Å². The van der Waals surface area contributed by atoms with Crippen LogP contribution in [0.5, 0.6) is 0 Å². The number of carboxylic acids is 1. The van der Waals surface area contributed by atoms with Crippen LogP contribution in [0.4, 0.5) is 5.69 Å². The molecule has 2 aromatic rings. The minimum absolute atomic E-state index is 0.129. The first-order valence-electron chi connectivity index (χ1n) is 5.00. The van der Waals surface area contributed by atoms with Gasteiger partial charge in [0.05, 0.1) is 4.92 Å². The van der Waals surface area contributed by atoms with E-state index in [4.69, 9.17) is 10.4 Å². The fourth-order valence-corrected chi connectivity index (χ4v) is 1.56. The predicted molar refractivity (Wildman–Crippen MR) is 61.9 cm³/mol. The molecule has 0 aliphatic carbocycles. The topological polar surface area (TPSA) is 122 Å². The maximum Gasteiger partial charge on any atom is 0.342 e. The van der Waals surface area contributed by atoms with E-state index in [1.807, 2.05) is 6.07 Å². The number of hydrogen-bond acceptors (Lipinski definition) is 5. The average Bonchev–Trinajstić information content (AvgIpc) is 2.86. The van der Waals surface area contributed by atoms with E-state index in [0.717, 1.165) is 12.3 Å². The molecule has 2 heterocycles. The number of nitrogens with zero attached hydrogens (tertiary/aromatic N) is 4. The predicted octanol–water partition coefficient (Wildman–Crippen LogP) is 1.35. The Kier molecular flexibility index (Phi) is 2.95.